The van der Waals surface area contributed by atoms with Gasteiger partial charge in [-0.3, -0.25) is 9.59 Å². The Morgan fingerprint density at radius 1 is 1.32 bits per heavy atom. The molecule has 0 atom stereocenters. The largest absolute Gasteiger partial charge is 0.484 e. The van der Waals surface area contributed by atoms with Crippen molar-refractivity contribution < 1.29 is 27.5 Å². The quantitative estimate of drug-likeness (QED) is 0.706. The second kappa shape index (κ2) is 8.04. The lowest BCUT2D eigenvalue weighted by atomic mass is 10.3. The molecule has 1 aliphatic heterocycles. The van der Waals surface area contributed by atoms with Gasteiger partial charge in [0.2, 0.25) is 5.91 Å². The Hall–Kier alpha value is -2.51. The van der Waals surface area contributed by atoms with Crippen molar-refractivity contribution in [2.45, 2.75) is 19.0 Å². The summed E-state index contributed by atoms with van der Waals surface area (Å²) in [5.41, 5.74) is 0.728. The normalized spacial score (nSPS) is 14.5. The van der Waals surface area contributed by atoms with E-state index in [2.05, 4.69) is 6.58 Å². The molecular formula is C17H19F3N2O3. The van der Waals surface area contributed by atoms with Crippen molar-refractivity contribution in [2.24, 2.45) is 0 Å². The maximum absolute atomic E-state index is 12.5. The van der Waals surface area contributed by atoms with E-state index in [1.165, 1.54) is 6.08 Å². The van der Waals surface area contributed by atoms with Gasteiger partial charge in [0.1, 0.15) is 12.3 Å². The molecule has 136 valence electrons. The fourth-order valence-electron chi connectivity index (χ4n) is 2.51. The number of carbonyl (C=O) groups is 2. The Kier molecular flexibility index (Phi) is 6.06. The number of rotatable bonds is 7. The highest BCUT2D eigenvalue weighted by atomic mass is 19.4. The zero-order valence-electron chi connectivity index (χ0n) is 13.6. The van der Waals surface area contributed by atoms with Crippen molar-refractivity contribution in [1.29, 1.82) is 0 Å². The minimum Gasteiger partial charge on any atom is -0.484 e. The average Bonchev–Trinajstić information content (AvgIpc) is 2.97. The molecule has 1 aromatic carbocycles. The van der Waals surface area contributed by atoms with Crippen LogP contribution in [0, 0.1) is 0 Å². The first-order valence-corrected chi connectivity index (χ1v) is 7.79. The Morgan fingerprint density at radius 3 is 2.52 bits per heavy atom. The monoisotopic (exact) mass is 356 g/mol. The lowest BCUT2D eigenvalue weighted by Crippen LogP contribution is -2.41. The van der Waals surface area contributed by atoms with Crippen LogP contribution in [-0.4, -0.2) is 49.1 Å². The third kappa shape index (κ3) is 5.51. The topological polar surface area (TPSA) is 49.9 Å². The van der Waals surface area contributed by atoms with E-state index in [0.29, 0.717) is 23.6 Å². The van der Waals surface area contributed by atoms with E-state index in [4.69, 9.17) is 4.74 Å². The predicted molar refractivity (Wildman–Crippen MR) is 86.4 cm³/mol. The molecule has 2 rings (SSSR count). The number of hydrogen-bond donors (Lipinski definition) is 0. The minimum absolute atomic E-state index is 0.0519. The van der Waals surface area contributed by atoms with E-state index in [1.54, 1.807) is 29.2 Å². The molecule has 1 aromatic rings. The van der Waals surface area contributed by atoms with E-state index < -0.39 is 25.2 Å². The van der Waals surface area contributed by atoms with E-state index in [0.717, 1.165) is 12.1 Å². The van der Waals surface area contributed by atoms with Gasteiger partial charge in [-0.2, -0.15) is 13.2 Å². The van der Waals surface area contributed by atoms with Crippen LogP contribution >= 0.6 is 0 Å². The molecule has 0 aromatic heterocycles. The van der Waals surface area contributed by atoms with E-state index >= 15 is 0 Å². The number of amides is 2. The SMILES string of the molecule is C=CCN(CC(F)(F)F)C(=O)COc1ccc(N2CCCC2=O)cc1. The number of anilines is 1. The number of nitrogens with zero attached hydrogens (tertiary/aromatic N) is 2. The first-order chi connectivity index (χ1) is 11.8. The third-order valence-electron chi connectivity index (χ3n) is 3.66. The number of benzene rings is 1. The molecule has 0 spiro atoms. The molecule has 2 amide bonds. The van der Waals surface area contributed by atoms with Crippen LogP contribution in [0.3, 0.4) is 0 Å². The van der Waals surface area contributed by atoms with Gasteiger partial charge in [0, 0.05) is 25.2 Å². The van der Waals surface area contributed by atoms with Gasteiger partial charge >= 0.3 is 6.18 Å². The molecule has 1 heterocycles. The van der Waals surface area contributed by atoms with Gasteiger partial charge in [0.25, 0.3) is 5.91 Å². The van der Waals surface area contributed by atoms with Crippen molar-refractivity contribution in [3.05, 3.63) is 36.9 Å². The van der Waals surface area contributed by atoms with Crippen LogP contribution in [0.25, 0.3) is 0 Å². The van der Waals surface area contributed by atoms with E-state index in [-0.39, 0.29) is 12.5 Å². The summed E-state index contributed by atoms with van der Waals surface area (Å²) >= 11 is 0. The van der Waals surface area contributed by atoms with Crippen molar-refractivity contribution >= 4 is 17.5 Å². The van der Waals surface area contributed by atoms with Gasteiger partial charge in [-0.05, 0) is 30.7 Å². The minimum atomic E-state index is -4.48. The summed E-state index contributed by atoms with van der Waals surface area (Å²) < 4.78 is 42.7. The van der Waals surface area contributed by atoms with E-state index in [9.17, 15) is 22.8 Å². The van der Waals surface area contributed by atoms with Gasteiger partial charge in [0.05, 0.1) is 0 Å². The molecule has 0 unspecified atom stereocenters. The Bertz CT molecular complexity index is 629. The molecule has 0 N–H and O–H groups in total. The number of alkyl halides is 3. The maximum Gasteiger partial charge on any atom is 0.406 e. The smallest absolute Gasteiger partial charge is 0.406 e. The number of halogens is 3. The van der Waals surface area contributed by atoms with Gasteiger partial charge in [-0.1, -0.05) is 6.08 Å². The second-order valence-electron chi connectivity index (χ2n) is 5.61. The number of hydrogen-bond acceptors (Lipinski definition) is 3. The fraction of sp³-hybridized carbons (Fsp3) is 0.412. The molecule has 0 radical (unpaired) electrons. The predicted octanol–water partition coefficient (Wildman–Crippen LogP) is 2.77. The van der Waals surface area contributed by atoms with Gasteiger partial charge in [-0.25, -0.2) is 0 Å². The molecule has 1 saturated heterocycles. The first-order valence-electron chi connectivity index (χ1n) is 7.79. The molecule has 8 heteroatoms. The van der Waals surface area contributed by atoms with Gasteiger partial charge in [0.15, 0.2) is 6.61 Å². The summed E-state index contributed by atoms with van der Waals surface area (Å²) in [6, 6.07) is 6.52. The molecule has 0 aliphatic carbocycles. The lowest BCUT2D eigenvalue weighted by molar-refractivity contribution is -0.161. The van der Waals surface area contributed by atoms with Crippen molar-refractivity contribution in [3.63, 3.8) is 0 Å². The fourth-order valence-corrected chi connectivity index (χ4v) is 2.51. The first kappa shape index (κ1) is 18.8. The van der Waals surface area contributed by atoms with Gasteiger partial charge in [-0.15, -0.1) is 6.58 Å². The van der Waals surface area contributed by atoms with Gasteiger partial charge < -0.3 is 14.5 Å². The summed E-state index contributed by atoms with van der Waals surface area (Å²) in [5.74, 6) is -0.388. The van der Waals surface area contributed by atoms with Crippen LogP contribution in [0.5, 0.6) is 5.75 Å². The van der Waals surface area contributed by atoms with Crippen molar-refractivity contribution in [2.75, 3.05) is 31.1 Å². The molecule has 1 fully saturated rings. The van der Waals surface area contributed by atoms with Crippen LogP contribution in [-0.2, 0) is 9.59 Å². The molecule has 0 bridgehead atoms. The van der Waals surface area contributed by atoms with Crippen molar-refractivity contribution in [1.82, 2.24) is 4.90 Å². The zero-order valence-corrected chi connectivity index (χ0v) is 13.6. The van der Waals surface area contributed by atoms with Crippen LogP contribution in [0.4, 0.5) is 18.9 Å². The highest BCUT2D eigenvalue weighted by Crippen LogP contribution is 2.24. The Labute approximate surface area is 143 Å². The summed E-state index contributed by atoms with van der Waals surface area (Å²) in [7, 11) is 0. The maximum atomic E-state index is 12.5. The van der Waals surface area contributed by atoms with Crippen LogP contribution < -0.4 is 9.64 Å². The molecule has 25 heavy (non-hydrogen) atoms. The summed E-state index contributed by atoms with van der Waals surface area (Å²) in [6.07, 6.45) is -1.93. The number of carbonyl (C=O) groups excluding carboxylic acids is 2. The lowest BCUT2D eigenvalue weighted by Gasteiger charge is -2.22. The zero-order chi connectivity index (χ0) is 18.4. The second-order valence-corrected chi connectivity index (χ2v) is 5.61. The molecule has 0 saturated carbocycles. The Balaban J connectivity index is 1.92. The Morgan fingerprint density at radius 2 is 2.00 bits per heavy atom. The molecule has 5 nitrogen and oxygen atoms in total. The van der Waals surface area contributed by atoms with Crippen LogP contribution in [0.1, 0.15) is 12.8 Å². The molecular weight excluding hydrogens is 337 g/mol. The summed E-state index contributed by atoms with van der Waals surface area (Å²) in [6.45, 7) is 1.94. The highest BCUT2D eigenvalue weighted by Gasteiger charge is 2.32. The third-order valence-corrected chi connectivity index (χ3v) is 3.66. The molecule has 1 aliphatic rings. The standard InChI is InChI=1S/C17H19F3N2O3/c1-2-9-21(12-17(18,19)20)16(24)11-25-14-7-5-13(6-8-14)22-10-3-4-15(22)23/h2,5-8H,1,3-4,9-12H2. The van der Waals surface area contributed by atoms with Crippen LogP contribution in [0.2, 0.25) is 0 Å². The van der Waals surface area contributed by atoms with Crippen LogP contribution in [0.15, 0.2) is 36.9 Å². The average molecular weight is 356 g/mol. The summed E-state index contributed by atoms with van der Waals surface area (Å²) in [4.78, 5) is 25.9. The number of ether oxygens (including phenoxy) is 1. The summed E-state index contributed by atoms with van der Waals surface area (Å²) in [5, 5.41) is 0. The highest BCUT2D eigenvalue weighted by molar-refractivity contribution is 5.95. The van der Waals surface area contributed by atoms with Crippen molar-refractivity contribution in [3.8, 4) is 5.75 Å². The van der Waals surface area contributed by atoms with E-state index in [1.807, 2.05) is 0 Å².